The molecule has 1 aliphatic heterocycles. The average Bonchev–Trinajstić information content (AvgIpc) is 3.09. The van der Waals surface area contributed by atoms with Gasteiger partial charge >= 0.3 is 57.4 Å². The molecule has 200 valence electrons. The predicted molar refractivity (Wildman–Crippen MR) is 141 cm³/mol. The number of rotatable bonds is 3. The van der Waals surface area contributed by atoms with Crippen LogP contribution in [0.15, 0.2) is 11.6 Å². The van der Waals surface area contributed by atoms with Gasteiger partial charge in [-0.1, -0.05) is 38.1 Å². The van der Waals surface area contributed by atoms with Crippen molar-refractivity contribution in [2.45, 2.75) is 108 Å². The Labute approximate surface area is 265 Å². The fraction of sp³-hybridized carbons (Fsp3) is 0.786. The Morgan fingerprint density at radius 1 is 1.11 bits per heavy atom. The number of ketones is 2. The van der Waals surface area contributed by atoms with Crippen LogP contribution in [0, 0.1) is 28.6 Å². The van der Waals surface area contributed by atoms with Gasteiger partial charge < -0.3 is 14.9 Å². The van der Waals surface area contributed by atoms with Crippen molar-refractivity contribution in [3.05, 3.63) is 11.6 Å². The quantitative estimate of drug-likeness (QED) is 0.401. The van der Waals surface area contributed by atoms with Crippen molar-refractivity contribution >= 4 is 85.8 Å². The molecule has 37 heavy (non-hydrogen) atoms. The number of aliphatic hydroxyl groups excluding tert-OH is 1. The third-order valence-electron chi connectivity index (χ3n) is 10.9. The monoisotopic (exact) mass is 558 g/mol. The molecule has 5 aliphatic rings. The first-order valence-corrected chi connectivity index (χ1v) is 14.3. The van der Waals surface area contributed by atoms with E-state index in [0.29, 0.717) is 32.1 Å². The predicted octanol–water partition coefficient (Wildman–Crippen LogP) is 2.88. The Hall–Kier alpha value is 0.126. The Kier molecular flexibility index (Phi) is 8.29. The molecule has 9 heteroatoms. The van der Waals surface area contributed by atoms with Crippen molar-refractivity contribution in [2.75, 3.05) is 0 Å². The van der Waals surface area contributed by atoms with Gasteiger partial charge in [0.25, 0.3) is 0 Å². The SMILES string of the molecule is CC[C@]1([C@]2(O)CCC3[C@@H]4[C@@H](CC[C@@]32C)[C@@]2(C)CCC(=O)C=C2C[C@H]4SC(C)=O)OC(=O)CC(O)C1=O.[KH]. The van der Waals surface area contributed by atoms with Gasteiger partial charge in [-0.05, 0) is 74.2 Å². The molecule has 0 spiro atoms. The van der Waals surface area contributed by atoms with Crippen LogP contribution in [-0.4, -0.2) is 107 Å². The van der Waals surface area contributed by atoms with Gasteiger partial charge in [0.2, 0.25) is 11.4 Å². The van der Waals surface area contributed by atoms with E-state index in [1.54, 1.807) is 13.8 Å². The number of thioether (sulfide) groups is 1. The molecular formula is C28H39KO7S. The first kappa shape index (κ1) is 30.1. The zero-order chi connectivity index (χ0) is 26.3. The molecule has 1 saturated heterocycles. The van der Waals surface area contributed by atoms with E-state index >= 15 is 0 Å². The summed E-state index contributed by atoms with van der Waals surface area (Å²) in [4.78, 5) is 50.5. The first-order valence-electron chi connectivity index (χ1n) is 13.4. The molecule has 2 unspecified atom stereocenters. The van der Waals surface area contributed by atoms with Crippen molar-refractivity contribution in [2.24, 2.45) is 28.6 Å². The van der Waals surface area contributed by atoms with Crippen molar-refractivity contribution in [1.82, 2.24) is 0 Å². The minimum atomic E-state index is -1.78. The number of carbonyl (C=O) groups is 4. The molecule has 2 N–H and O–H groups in total. The Bertz CT molecular complexity index is 1060. The second-order valence-electron chi connectivity index (χ2n) is 12.3. The Balaban J connectivity index is 0.00000320. The molecule has 9 atom stereocenters. The molecule has 4 fully saturated rings. The molecule has 4 aliphatic carbocycles. The number of Topliss-reactive ketones (excluding diaryl/α,β-unsaturated/α-hetero) is 1. The summed E-state index contributed by atoms with van der Waals surface area (Å²) in [6.45, 7) is 7.59. The molecular weight excluding hydrogens is 519 g/mol. The van der Waals surface area contributed by atoms with Crippen molar-refractivity contribution < 1.29 is 34.1 Å². The van der Waals surface area contributed by atoms with Crippen LogP contribution in [0.5, 0.6) is 0 Å². The maximum absolute atomic E-state index is 13.4. The van der Waals surface area contributed by atoms with E-state index < -0.39 is 34.5 Å². The third kappa shape index (κ3) is 4.20. The Morgan fingerprint density at radius 2 is 1.78 bits per heavy atom. The molecule has 0 radical (unpaired) electrons. The second-order valence-corrected chi connectivity index (χ2v) is 13.7. The van der Waals surface area contributed by atoms with Gasteiger partial charge in [-0.3, -0.25) is 19.2 Å². The van der Waals surface area contributed by atoms with Crippen LogP contribution in [0.3, 0.4) is 0 Å². The van der Waals surface area contributed by atoms with Crippen LogP contribution in [0.25, 0.3) is 0 Å². The van der Waals surface area contributed by atoms with Crippen LogP contribution in [-0.2, 0) is 23.9 Å². The number of ether oxygens (including phenoxy) is 1. The van der Waals surface area contributed by atoms with E-state index in [1.807, 2.05) is 13.0 Å². The fourth-order valence-corrected chi connectivity index (χ4v) is 10.4. The van der Waals surface area contributed by atoms with Crippen LogP contribution in [0.4, 0.5) is 0 Å². The Morgan fingerprint density at radius 3 is 2.43 bits per heavy atom. The van der Waals surface area contributed by atoms with Crippen LogP contribution in [0.2, 0.25) is 0 Å². The van der Waals surface area contributed by atoms with E-state index in [9.17, 15) is 29.4 Å². The van der Waals surface area contributed by atoms with E-state index in [4.69, 9.17) is 4.74 Å². The maximum atomic E-state index is 13.4. The number of allylic oxidation sites excluding steroid dienone is 1. The molecule has 5 rings (SSSR count). The summed E-state index contributed by atoms with van der Waals surface area (Å²) >= 11 is 1.34. The van der Waals surface area contributed by atoms with Gasteiger partial charge in [0, 0.05) is 24.0 Å². The summed E-state index contributed by atoms with van der Waals surface area (Å²) in [6, 6.07) is 0. The summed E-state index contributed by atoms with van der Waals surface area (Å²) in [6.07, 6.45) is 4.44. The van der Waals surface area contributed by atoms with Gasteiger partial charge in [0.15, 0.2) is 10.9 Å². The number of carbonyl (C=O) groups excluding carboxylic acids is 4. The van der Waals surface area contributed by atoms with Crippen LogP contribution in [0.1, 0.15) is 85.5 Å². The molecule has 7 nitrogen and oxygen atoms in total. The summed E-state index contributed by atoms with van der Waals surface area (Å²) < 4.78 is 5.75. The molecule has 0 aromatic carbocycles. The van der Waals surface area contributed by atoms with E-state index in [2.05, 4.69) is 6.92 Å². The average molecular weight is 559 g/mol. The molecule has 1 heterocycles. The second kappa shape index (κ2) is 10.2. The number of aliphatic hydroxyl groups is 2. The van der Waals surface area contributed by atoms with Gasteiger partial charge in [0.05, 0.1) is 6.42 Å². The van der Waals surface area contributed by atoms with E-state index in [1.165, 1.54) is 11.8 Å². The zero-order valence-corrected chi connectivity index (χ0v) is 22.5. The number of fused-ring (bicyclic) bond motifs is 5. The normalized spacial score (nSPS) is 47.1. The van der Waals surface area contributed by atoms with Crippen molar-refractivity contribution in [3.63, 3.8) is 0 Å². The standard InChI is InChI=1S/C28H38O7S.K.H/c1-5-27(24(33)20(31)14-22(32)35-27)28(34)11-8-19-23-18(7-10-26(19,28)4)25(3)9-6-17(30)12-16(25)13-21(23)36-15(2)29;;/h12,18-21,23,31,34H,5-11,13-14H2,1-4H3;;/t18-,19?,20?,21-,23+,25+,26+,27+,28+;;/m1../s1. The summed E-state index contributed by atoms with van der Waals surface area (Å²) in [5, 5.41) is 22.9. The van der Waals surface area contributed by atoms with Gasteiger partial charge in [-0.2, -0.15) is 0 Å². The first-order chi connectivity index (χ1) is 16.8. The summed E-state index contributed by atoms with van der Waals surface area (Å²) in [5.74, 6) is -0.703. The number of cyclic esters (lactones) is 1. The van der Waals surface area contributed by atoms with Gasteiger partial charge in [-0.25, -0.2) is 0 Å². The zero-order valence-electron chi connectivity index (χ0n) is 21.7. The van der Waals surface area contributed by atoms with Crippen molar-refractivity contribution in [1.29, 1.82) is 0 Å². The number of hydrogen-bond donors (Lipinski definition) is 2. The molecule has 3 saturated carbocycles. The summed E-state index contributed by atoms with van der Waals surface area (Å²) in [7, 11) is 0. The minimum absolute atomic E-state index is 0. The molecule has 0 aromatic rings. The van der Waals surface area contributed by atoms with Crippen LogP contribution >= 0.6 is 11.8 Å². The van der Waals surface area contributed by atoms with Gasteiger partial charge in [-0.15, -0.1) is 0 Å². The third-order valence-corrected chi connectivity index (χ3v) is 12.1. The van der Waals surface area contributed by atoms with E-state index in [-0.39, 0.29) is 104 Å². The fourth-order valence-electron chi connectivity index (χ4n) is 9.15. The number of hydrogen-bond acceptors (Lipinski definition) is 8. The molecule has 0 aromatic heterocycles. The topological polar surface area (TPSA) is 118 Å². The number of esters is 1. The molecule has 0 amide bonds. The van der Waals surface area contributed by atoms with Gasteiger partial charge in [0.1, 0.15) is 11.7 Å². The van der Waals surface area contributed by atoms with Crippen LogP contribution < -0.4 is 0 Å². The molecule has 0 bridgehead atoms. The van der Waals surface area contributed by atoms with E-state index in [0.717, 1.165) is 18.4 Å². The van der Waals surface area contributed by atoms with Crippen molar-refractivity contribution in [3.8, 4) is 0 Å². The summed E-state index contributed by atoms with van der Waals surface area (Å²) in [5.41, 5.74) is -3.08.